The number of imidazole rings is 1. The number of benzene rings is 4. The van der Waals surface area contributed by atoms with Gasteiger partial charge in [0.15, 0.2) is 0 Å². The first-order valence-electron chi connectivity index (χ1n) is 9.31. The summed E-state index contributed by atoms with van der Waals surface area (Å²) in [4.78, 5) is 4.85. The van der Waals surface area contributed by atoms with Crippen LogP contribution in [0.15, 0.2) is 102 Å². The minimum absolute atomic E-state index is 0.603. The van der Waals surface area contributed by atoms with Crippen LogP contribution in [-0.4, -0.2) is 9.38 Å². The van der Waals surface area contributed by atoms with Crippen LogP contribution in [0.4, 0.5) is 0 Å². The molecule has 0 amide bonds. The van der Waals surface area contributed by atoms with E-state index in [2.05, 4.69) is 84.9 Å². The molecule has 0 saturated heterocycles. The lowest BCUT2D eigenvalue weighted by molar-refractivity contribution is 0.596. The Morgan fingerprint density at radius 2 is 1.50 bits per heavy atom. The van der Waals surface area contributed by atoms with Gasteiger partial charge in [-0.05, 0) is 27.6 Å². The fraction of sp³-hybridized carbons (Fsp3) is 0. The van der Waals surface area contributed by atoms with Gasteiger partial charge in [0.1, 0.15) is 12.0 Å². The molecule has 3 heteroatoms. The maximum absolute atomic E-state index is 5.63. The van der Waals surface area contributed by atoms with Gasteiger partial charge in [0.05, 0.1) is 5.69 Å². The Morgan fingerprint density at radius 1 is 0.714 bits per heavy atom. The molecule has 6 aromatic rings. The van der Waals surface area contributed by atoms with E-state index in [0.29, 0.717) is 5.84 Å². The van der Waals surface area contributed by atoms with Crippen molar-refractivity contribution in [3.8, 4) is 22.5 Å². The van der Waals surface area contributed by atoms with E-state index in [9.17, 15) is 0 Å². The summed E-state index contributed by atoms with van der Waals surface area (Å²) >= 11 is 0. The number of hydrogen-bond acceptors (Lipinski definition) is 2. The van der Waals surface area contributed by atoms with Gasteiger partial charge in [-0.25, -0.2) is 0 Å². The summed E-state index contributed by atoms with van der Waals surface area (Å²) in [5.41, 5.74) is 4.22. The average Bonchev–Trinajstić information content (AvgIpc) is 3.34. The van der Waals surface area contributed by atoms with Crippen LogP contribution in [0.2, 0.25) is 0 Å². The Labute approximate surface area is 161 Å². The van der Waals surface area contributed by atoms with Gasteiger partial charge in [-0.1, -0.05) is 78.9 Å². The fourth-order valence-electron chi connectivity index (χ4n) is 4.02. The molecule has 28 heavy (non-hydrogen) atoms. The second kappa shape index (κ2) is 5.83. The minimum atomic E-state index is 0.603. The average molecular weight is 360 g/mol. The lowest BCUT2D eigenvalue weighted by Gasteiger charge is -2.09. The molecule has 0 saturated carbocycles. The topological polar surface area (TPSA) is 30.4 Å². The largest absolute Gasteiger partial charge is 0.432 e. The van der Waals surface area contributed by atoms with Crippen LogP contribution in [0.3, 0.4) is 0 Å². The summed E-state index contributed by atoms with van der Waals surface area (Å²) < 4.78 is 7.66. The van der Waals surface area contributed by atoms with Crippen molar-refractivity contribution in [1.82, 2.24) is 9.38 Å². The third kappa shape index (κ3) is 2.20. The van der Waals surface area contributed by atoms with Crippen LogP contribution in [0.25, 0.3) is 49.9 Å². The SMILES string of the molecule is c1ccc2cc(-c3c(-c4cccc5ccccc45)nc4occn34)ccc2c1. The van der Waals surface area contributed by atoms with Crippen molar-refractivity contribution in [3.63, 3.8) is 0 Å². The molecule has 0 bridgehead atoms. The summed E-state index contributed by atoms with van der Waals surface area (Å²) in [5.74, 6) is 0.603. The van der Waals surface area contributed by atoms with Gasteiger partial charge in [0, 0.05) is 17.3 Å². The molecule has 0 fully saturated rings. The highest BCUT2D eigenvalue weighted by molar-refractivity contribution is 6.00. The number of hydrogen-bond donors (Lipinski definition) is 0. The van der Waals surface area contributed by atoms with Crippen LogP contribution >= 0.6 is 0 Å². The minimum Gasteiger partial charge on any atom is -0.432 e. The molecule has 6 rings (SSSR count). The van der Waals surface area contributed by atoms with E-state index < -0.39 is 0 Å². The molecule has 2 heterocycles. The van der Waals surface area contributed by atoms with Crippen LogP contribution in [0, 0.1) is 0 Å². The first-order valence-corrected chi connectivity index (χ1v) is 9.31. The van der Waals surface area contributed by atoms with Crippen LogP contribution < -0.4 is 0 Å². The first kappa shape index (κ1) is 15.2. The summed E-state index contributed by atoms with van der Waals surface area (Å²) in [6.07, 6.45) is 3.61. The van der Waals surface area contributed by atoms with Crippen molar-refractivity contribution < 1.29 is 4.42 Å². The van der Waals surface area contributed by atoms with Gasteiger partial charge >= 0.3 is 5.84 Å². The van der Waals surface area contributed by atoms with Crippen LogP contribution in [-0.2, 0) is 0 Å². The molecular formula is C25H16N2O. The van der Waals surface area contributed by atoms with Crippen molar-refractivity contribution in [3.05, 3.63) is 97.4 Å². The molecule has 4 aromatic carbocycles. The standard InChI is InChI=1S/C25H16N2O/c1-2-8-19-16-20(13-12-17(19)6-1)24-23(26-25-27(24)14-15-28-25)22-11-5-9-18-7-3-4-10-21(18)22/h1-16H. The second-order valence-corrected chi connectivity index (χ2v) is 6.95. The van der Waals surface area contributed by atoms with E-state index in [1.54, 1.807) is 6.26 Å². The third-order valence-electron chi connectivity index (χ3n) is 5.33. The van der Waals surface area contributed by atoms with Crippen molar-refractivity contribution >= 4 is 27.4 Å². The number of aromatic nitrogens is 2. The van der Waals surface area contributed by atoms with Crippen molar-refractivity contribution in [2.75, 3.05) is 0 Å². The molecule has 0 N–H and O–H groups in total. The molecule has 0 unspecified atom stereocenters. The molecule has 0 radical (unpaired) electrons. The van der Waals surface area contributed by atoms with E-state index in [0.717, 1.165) is 22.5 Å². The van der Waals surface area contributed by atoms with Gasteiger partial charge in [-0.2, -0.15) is 4.98 Å². The van der Waals surface area contributed by atoms with Crippen molar-refractivity contribution in [2.24, 2.45) is 0 Å². The summed E-state index contributed by atoms with van der Waals surface area (Å²) in [6.45, 7) is 0. The molecule has 0 spiro atoms. The molecule has 0 aliphatic rings. The first-order chi connectivity index (χ1) is 13.9. The fourth-order valence-corrected chi connectivity index (χ4v) is 4.02. The molecule has 0 atom stereocenters. The van der Waals surface area contributed by atoms with E-state index in [-0.39, 0.29) is 0 Å². The van der Waals surface area contributed by atoms with Gasteiger partial charge in [-0.15, -0.1) is 0 Å². The van der Waals surface area contributed by atoms with E-state index in [4.69, 9.17) is 9.40 Å². The van der Waals surface area contributed by atoms with Gasteiger partial charge in [0.2, 0.25) is 0 Å². The lowest BCUT2D eigenvalue weighted by atomic mass is 9.98. The predicted molar refractivity (Wildman–Crippen MR) is 113 cm³/mol. The maximum atomic E-state index is 5.63. The summed E-state index contributed by atoms with van der Waals surface area (Å²) in [7, 11) is 0. The second-order valence-electron chi connectivity index (χ2n) is 6.95. The molecule has 3 nitrogen and oxygen atoms in total. The third-order valence-corrected chi connectivity index (χ3v) is 5.33. The zero-order chi connectivity index (χ0) is 18.5. The normalized spacial score (nSPS) is 11.6. The smallest absolute Gasteiger partial charge is 0.306 e. The monoisotopic (exact) mass is 360 g/mol. The van der Waals surface area contributed by atoms with Crippen LogP contribution in [0.1, 0.15) is 0 Å². The van der Waals surface area contributed by atoms with E-state index in [1.165, 1.54) is 21.5 Å². The van der Waals surface area contributed by atoms with Gasteiger partial charge in [-0.3, -0.25) is 4.40 Å². The zero-order valence-electron chi connectivity index (χ0n) is 15.0. The maximum Gasteiger partial charge on any atom is 0.306 e. The zero-order valence-corrected chi connectivity index (χ0v) is 15.0. The Kier molecular flexibility index (Phi) is 3.17. The van der Waals surface area contributed by atoms with E-state index in [1.807, 2.05) is 10.6 Å². The molecule has 132 valence electrons. The van der Waals surface area contributed by atoms with Crippen LogP contribution in [0.5, 0.6) is 0 Å². The molecule has 0 aliphatic heterocycles. The number of rotatable bonds is 2. The summed E-state index contributed by atoms with van der Waals surface area (Å²) in [6, 6.07) is 29.7. The number of oxazole rings is 1. The van der Waals surface area contributed by atoms with Crippen molar-refractivity contribution in [1.29, 1.82) is 0 Å². The number of nitrogens with zero attached hydrogens (tertiary/aromatic N) is 2. The van der Waals surface area contributed by atoms with Gasteiger partial charge in [0.25, 0.3) is 0 Å². The highest BCUT2D eigenvalue weighted by Gasteiger charge is 2.19. The van der Waals surface area contributed by atoms with E-state index >= 15 is 0 Å². The predicted octanol–water partition coefficient (Wildman–Crippen LogP) is 6.57. The molecule has 0 aliphatic carbocycles. The highest BCUT2D eigenvalue weighted by atomic mass is 16.3. The van der Waals surface area contributed by atoms with Gasteiger partial charge < -0.3 is 4.42 Å². The lowest BCUT2D eigenvalue weighted by Crippen LogP contribution is -1.89. The summed E-state index contributed by atoms with van der Waals surface area (Å²) in [5, 5.41) is 4.83. The Morgan fingerprint density at radius 3 is 2.43 bits per heavy atom. The molecular weight excluding hydrogens is 344 g/mol. The highest BCUT2D eigenvalue weighted by Crippen LogP contribution is 2.37. The Hall–Kier alpha value is -3.85. The number of fused-ring (bicyclic) bond motifs is 3. The van der Waals surface area contributed by atoms with Crippen molar-refractivity contribution in [2.45, 2.75) is 0 Å². The quantitative estimate of drug-likeness (QED) is 0.350. The Balaban J connectivity index is 1.69. The molecule has 2 aromatic heterocycles. The Bertz CT molecular complexity index is 1470.